The summed E-state index contributed by atoms with van der Waals surface area (Å²) < 4.78 is 15.0. The molecule has 0 unspecified atom stereocenters. The second-order valence-electron chi connectivity index (χ2n) is 5.56. The molecule has 1 aliphatic heterocycles. The number of ether oxygens (including phenoxy) is 3. The molecule has 1 aromatic carbocycles. The topological polar surface area (TPSA) is 94.2 Å². The van der Waals surface area contributed by atoms with Crippen LogP contribution in [0.2, 0.25) is 0 Å². The third-order valence-electron chi connectivity index (χ3n) is 3.77. The van der Waals surface area contributed by atoms with Gasteiger partial charge in [-0.1, -0.05) is 6.92 Å². The summed E-state index contributed by atoms with van der Waals surface area (Å²) in [6.07, 6.45) is 1.21. The zero-order chi connectivity index (χ0) is 19.1. The molecule has 8 nitrogen and oxygen atoms in total. The standard InChI is InChI=1S/C18H22N2O6/c1-4-5-15(21)19-12-6-8-13(9-7-12)20-11-26-10-14(17(22)24-2)16(20)18(23)25-3/h6-9H,4-5,10-11H2,1-3H3,(H,19,21). The highest BCUT2D eigenvalue weighted by molar-refractivity contribution is 6.03. The number of benzene rings is 1. The Balaban J connectivity index is 2.31. The van der Waals surface area contributed by atoms with Crippen LogP contribution in [0.15, 0.2) is 35.5 Å². The van der Waals surface area contributed by atoms with Crippen molar-refractivity contribution in [3.8, 4) is 0 Å². The maximum absolute atomic E-state index is 12.2. The number of anilines is 2. The van der Waals surface area contributed by atoms with Crippen LogP contribution in [0.25, 0.3) is 0 Å². The molecule has 0 bridgehead atoms. The molecule has 0 saturated heterocycles. The fourth-order valence-electron chi connectivity index (χ4n) is 2.52. The van der Waals surface area contributed by atoms with E-state index < -0.39 is 11.9 Å². The van der Waals surface area contributed by atoms with Crippen molar-refractivity contribution in [3.05, 3.63) is 35.5 Å². The van der Waals surface area contributed by atoms with Crippen molar-refractivity contribution in [2.75, 3.05) is 37.8 Å². The average Bonchev–Trinajstić information content (AvgIpc) is 2.67. The molecular weight excluding hydrogens is 340 g/mol. The SMILES string of the molecule is CCCC(=O)Nc1ccc(N2COCC(C(=O)OC)=C2C(=O)OC)cc1. The molecule has 0 fully saturated rings. The van der Waals surface area contributed by atoms with Crippen LogP contribution in [-0.2, 0) is 28.6 Å². The Morgan fingerprint density at radius 1 is 1.12 bits per heavy atom. The quantitative estimate of drug-likeness (QED) is 0.771. The van der Waals surface area contributed by atoms with Gasteiger partial charge in [-0.2, -0.15) is 0 Å². The van der Waals surface area contributed by atoms with Crippen molar-refractivity contribution < 1.29 is 28.6 Å². The van der Waals surface area contributed by atoms with Crippen LogP contribution in [-0.4, -0.2) is 45.4 Å². The summed E-state index contributed by atoms with van der Waals surface area (Å²) in [5.74, 6) is -1.38. The van der Waals surface area contributed by atoms with Gasteiger partial charge in [0.2, 0.25) is 5.91 Å². The van der Waals surface area contributed by atoms with Gasteiger partial charge < -0.3 is 24.4 Å². The van der Waals surface area contributed by atoms with Crippen LogP contribution in [0.4, 0.5) is 11.4 Å². The fourth-order valence-corrected chi connectivity index (χ4v) is 2.52. The van der Waals surface area contributed by atoms with Gasteiger partial charge in [0.1, 0.15) is 12.4 Å². The number of nitrogens with zero attached hydrogens (tertiary/aromatic N) is 1. The lowest BCUT2D eigenvalue weighted by atomic mass is 10.1. The molecule has 1 aliphatic rings. The summed E-state index contributed by atoms with van der Waals surface area (Å²) in [4.78, 5) is 37.4. The van der Waals surface area contributed by atoms with Crippen molar-refractivity contribution in [2.45, 2.75) is 19.8 Å². The molecule has 0 atom stereocenters. The van der Waals surface area contributed by atoms with Gasteiger partial charge in [-0.15, -0.1) is 0 Å². The van der Waals surface area contributed by atoms with Gasteiger partial charge in [0.05, 0.1) is 26.4 Å². The Morgan fingerprint density at radius 3 is 2.35 bits per heavy atom. The van der Waals surface area contributed by atoms with Crippen LogP contribution in [0, 0.1) is 0 Å². The van der Waals surface area contributed by atoms with Gasteiger partial charge in [-0.3, -0.25) is 4.79 Å². The van der Waals surface area contributed by atoms with Crippen molar-refractivity contribution in [2.24, 2.45) is 0 Å². The van der Waals surface area contributed by atoms with E-state index in [0.717, 1.165) is 6.42 Å². The molecule has 0 aliphatic carbocycles. The maximum Gasteiger partial charge on any atom is 0.355 e. The highest BCUT2D eigenvalue weighted by atomic mass is 16.5. The molecule has 26 heavy (non-hydrogen) atoms. The second kappa shape index (κ2) is 9.00. The third kappa shape index (κ3) is 4.40. The molecular formula is C18H22N2O6. The van der Waals surface area contributed by atoms with Gasteiger partial charge in [0.15, 0.2) is 0 Å². The first-order valence-corrected chi connectivity index (χ1v) is 8.16. The van der Waals surface area contributed by atoms with Crippen molar-refractivity contribution in [1.29, 1.82) is 0 Å². The van der Waals surface area contributed by atoms with E-state index in [1.807, 2.05) is 6.92 Å². The van der Waals surface area contributed by atoms with Crippen molar-refractivity contribution in [3.63, 3.8) is 0 Å². The van der Waals surface area contributed by atoms with Gasteiger partial charge in [0.25, 0.3) is 0 Å². The van der Waals surface area contributed by atoms with Crippen molar-refractivity contribution in [1.82, 2.24) is 0 Å². The summed E-state index contributed by atoms with van der Waals surface area (Å²) in [5, 5.41) is 2.79. The molecule has 0 saturated carbocycles. The van der Waals surface area contributed by atoms with E-state index in [-0.39, 0.29) is 30.5 Å². The minimum atomic E-state index is -0.658. The summed E-state index contributed by atoms with van der Waals surface area (Å²) in [6.45, 7) is 1.96. The number of nitrogens with one attached hydrogen (secondary N) is 1. The molecule has 140 valence electrons. The normalized spacial score (nSPS) is 14.0. The Hall–Kier alpha value is -2.87. The molecule has 1 N–H and O–H groups in total. The number of rotatable bonds is 6. The molecule has 1 heterocycles. The first kappa shape index (κ1) is 19.5. The van der Waals surface area contributed by atoms with Gasteiger partial charge >= 0.3 is 11.9 Å². The molecule has 8 heteroatoms. The minimum absolute atomic E-state index is 0.0429. The lowest BCUT2D eigenvalue weighted by Crippen LogP contribution is -2.38. The van der Waals surface area contributed by atoms with E-state index in [0.29, 0.717) is 17.8 Å². The minimum Gasteiger partial charge on any atom is -0.466 e. The van der Waals surface area contributed by atoms with Crippen molar-refractivity contribution >= 4 is 29.2 Å². The van der Waals surface area contributed by atoms with E-state index in [4.69, 9.17) is 14.2 Å². The lowest BCUT2D eigenvalue weighted by Gasteiger charge is -2.31. The average molecular weight is 362 g/mol. The van der Waals surface area contributed by atoms with E-state index in [9.17, 15) is 14.4 Å². The number of hydrogen-bond donors (Lipinski definition) is 1. The Bertz CT molecular complexity index is 711. The third-order valence-corrected chi connectivity index (χ3v) is 3.77. The second-order valence-corrected chi connectivity index (χ2v) is 5.56. The smallest absolute Gasteiger partial charge is 0.355 e. The van der Waals surface area contributed by atoms with Gasteiger partial charge in [0, 0.05) is 17.8 Å². The summed E-state index contributed by atoms with van der Waals surface area (Å²) in [7, 11) is 2.47. The number of hydrogen-bond acceptors (Lipinski definition) is 7. The summed E-state index contributed by atoms with van der Waals surface area (Å²) >= 11 is 0. The van der Waals surface area contributed by atoms with E-state index in [1.165, 1.54) is 19.1 Å². The molecule has 1 amide bonds. The largest absolute Gasteiger partial charge is 0.466 e. The number of carbonyl (C=O) groups excluding carboxylic acids is 3. The van der Waals surface area contributed by atoms with Crippen LogP contribution in [0.1, 0.15) is 19.8 Å². The van der Waals surface area contributed by atoms with E-state index in [1.54, 1.807) is 24.3 Å². The zero-order valence-corrected chi connectivity index (χ0v) is 15.0. The zero-order valence-electron chi connectivity index (χ0n) is 15.0. The van der Waals surface area contributed by atoms with Crippen LogP contribution in [0.5, 0.6) is 0 Å². The first-order chi connectivity index (χ1) is 12.5. The predicted molar refractivity (Wildman–Crippen MR) is 94.3 cm³/mol. The molecule has 2 rings (SSSR count). The highest BCUT2D eigenvalue weighted by Gasteiger charge is 2.32. The highest BCUT2D eigenvalue weighted by Crippen LogP contribution is 2.27. The fraction of sp³-hybridized carbons (Fsp3) is 0.389. The van der Waals surface area contributed by atoms with Crippen LogP contribution in [0.3, 0.4) is 0 Å². The first-order valence-electron chi connectivity index (χ1n) is 8.16. The number of carbonyl (C=O) groups is 3. The number of amides is 1. The van der Waals surface area contributed by atoms with E-state index >= 15 is 0 Å². The molecule has 1 aromatic rings. The lowest BCUT2D eigenvalue weighted by molar-refractivity contribution is -0.140. The monoisotopic (exact) mass is 362 g/mol. The van der Waals surface area contributed by atoms with Crippen LogP contribution >= 0.6 is 0 Å². The van der Waals surface area contributed by atoms with Gasteiger partial charge in [-0.05, 0) is 30.7 Å². The predicted octanol–water partition coefficient (Wildman–Crippen LogP) is 1.82. The Labute approximate surface area is 151 Å². The number of methoxy groups -OCH3 is 2. The number of esters is 2. The summed E-state index contributed by atoms with van der Waals surface area (Å²) in [6, 6.07) is 6.86. The maximum atomic E-state index is 12.2. The molecule has 0 radical (unpaired) electrons. The van der Waals surface area contributed by atoms with Gasteiger partial charge in [-0.25, -0.2) is 9.59 Å². The summed E-state index contributed by atoms with van der Waals surface area (Å²) in [5.41, 5.74) is 1.42. The Morgan fingerprint density at radius 2 is 1.77 bits per heavy atom. The molecule has 0 spiro atoms. The van der Waals surface area contributed by atoms with E-state index in [2.05, 4.69) is 5.32 Å². The molecule has 0 aromatic heterocycles. The van der Waals surface area contributed by atoms with Crippen LogP contribution < -0.4 is 10.2 Å². The Kier molecular flexibility index (Phi) is 6.74.